The summed E-state index contributed by atoms with van der Waals surface area (Å²) < 4.78 is 1.01. The zero-order valence-electron chi connectivity index (χ0n) is 8.71. The van der Waals surface area contributed by atoms with Gasteiger partial charge in [0.05, 0.1) is 5.69 Å². The van der Waals surface area contributed by atoms with Crippen molar-refractivity contribution in [3.63, 3.8) is 0 Å². The van der Waals surface area contributed by atoms with Gasteiger partial charge in [-0.1, -0.05) is 42.8 Å². The van der Waals surface area contributed by atoms with Crippen molar-refractivity contribution in [3.8, 4) is 0 Å². The van der Waals surface area contributed by atoms with Gasteiger partial charge >= 0.3 is 0 Å². The summed E-state index contributed by atoms with van der Waals surface area (Å²) in [5, 5.41) is 0. The standard InChI is InChI=1S/C11H15BrN2/c1-11(2,3)10(13)14-9-6-4-5-8(12)7-9/h4-7H,1-3H3,(H2,13,14). The summed E-state index contributed by atoms with van der Waals surface area (Å²) in [5.41, 5.74) is 6.67. The van der Waals surface area contributed by atoms with Gasteiger partial charge < -0.3 is 5.73 Å². The molecule has 14 heavy (non-hydrogen) atoms. The van der Waals surface area contributed by atoms with Gasteiger partial charge in [-0.15, -0.1) is 0 Å². The van der Waals surface area contributed by atoms with Crippen LogP contribution in [0.2, 0.25) is 0 Å². The van der Waals surface area contributed by atoms with Crippen molar-refractivity contribution in [2.45, 2.75) is 20.8 Å². The van der Waals surface area contributed by atoms with Gasteiger partial charge in [0.25, 0.3) is 0 Å². The van der Waals surface area contributed by atoms with Crippen LogP contribution in [-0.2, 0) is 0 Å². The van der Waals surface area contributed by atoms with Crippen LogP contribution in [0.15, 0.2) is 33.7 Å². The lowest BCUT2D eigenvalue weighted by molar-refractivity contribution is 0.585. The lowest BCUT2D eigenvalue weighted by Crippen LogP contribution is -2.28. The minimum atomic E-state index is -0.0810. The molecule has 0 aliphatic rings. The Balaban J connectivity index is 2.98. The zero-order chi connectivity index (χ0) is 10.8. The number of aliphatic imine (C=N–C) groups is 1. The van der Waals surface area contributed by atoms with Crippen LogP contribution in [0.5, 0.6) is 0 Å². The Kier molecular flexibility index (Phi) is 3.32. The first-order valence-corrected chi connectivity index (χ1v) is 5.29. The van der Waals surface area contributed by atoms with Crippen molar-refractivity contribution >= 4 is 27.5 Å². The minimum absolute atomic E-state index is 0.0810. The lowest BCUT2D eigenvalue weighted by Gasteiger charge is -2.17. The van der Waals surface area contributed by atoms with Crippen LogP contribution >= 0.6 is 15.9 Å². The van der Waals surface area contributed by atoms with E-state index in [1.165, 1.54) is 0 Å². The first-order chi connectivity index (χ1) is 6.39. The van der Waals surface area contributed by atoms with E-state index in [1.54, 1.807) is 0 Å². The summed E-state index contributed by atoms with van der Waals surface area (Å²) in [6.07, 6.45) is 0. The van der Waals surface area contributed by atoms with E-state index in [0.29, 0.717) is 5.84 Å². The zero-order valence-corrected chi connectivity index (χ0v) is 10.3. The topological polar surface area (TPSA) is 38.4 Å². The molecule has 1 rings (SSSR count). The Morgan fingerprint density at radius 3 is 2.50 bits per heavy atom. The third-order valence-electron chi connectivity index (χ3n) is 1.83. The normalized spacial score (nSPS) is 13.0. The number of benzene rings is 1. The van der Waals surface area contributed by atoms with Crippen molar-refractivity contribution in [3.05, 3.63) is 28.7 Å². The Bertz CT molecular complexity index is 351. The largest absolute Gasteiger partial charge is 0.387 e. The van der Waals surface area contributed by atoms with Crippen LogP contribution in [0.1, 0.15) is 20.8 Å². The molecule has 0 saturated heterocycles. The average molecular weight is 255 g/mol. The van der Waals surface area contributed by atoms with Crippen molar-refractivity contribution in [1.82, 2.24) is 0 Å². The number of rotatable bonds is 1. The maximum atomic E-state index is 5.87. The molecule has 2 N–H and O–H groups in total. The fourth-order valence-corrected chi connectivity index (χ4v) is 1.24. The first kappa shape index (κ1) is 11.2. The summed E-state index contributed by atoms with van der Waals surface area (Å²) in [6, 6.07) is 7.78. The molecule has 0 aliphatic carbocycles. The predicted molar refractivity (Wildman–Crippen MR) is 64.9 cm³/mol. The smallest absolute Gasteiger partial charge is 0.105 e. The van der Waals surface area contributed by atoms with Crippen molar-refractivity contribution in [2.75, 3.05) is 0 Å². The van der Waals surface area contributed by atoms with E-state index in [-0.39, 0.29) is 5.41 Å². The number of hydrogen-bond donors (Lipinski definition) is 1. The van der Waals surface area contributed by atoms with Crippen LogP contribution < -0.4 is 5.73 Å². The maximum absolute atomic E-state index is 5.87. The maximum Gasteiger partial charge on any atom is 0.105 e. The van der Waals surface area contributed by atoms with E-state index in [0.717, 1.165) is 10.2 Å². The second-order valence-corrected chi connectivity index (χ2v) is 5.14. The molecule has 0 spiro atoms. The highest BCUT2D eigenvalue weighted by atomic mass is 79.9. The number of nitrogens with two attached hydrogens (primary N) is 1. The number of halogens is 1. The molecule has 0 atom stereocenters. The second kappa shape index (κ2) is 4.13. The molecule has 2 nitrogen and oxygen atoms in total. The third kappa shape index (κ3) is 3.14. The van der Waals surface area contributed by atoms with Gasteiger partial charge in [0.1, 0.15) is 5.84 Å². The van der Waals surface area contributed by atoms with Crippen LogP contribution in [0, 0.1) is 5.41 Å². The SMILES string of the molecule is CC(C)(C)C(N)=Nc1cccc(Br)c1. The van der Waals surface area contributed by atoms with Crippen LogP contribution in [0.4, 0.5) is 5.69 Å². The van der Waals surface area contributed by atoms with Gasteiger partial charge in [0.15, 0.2) is 0 Å². The molecule has 0 saturated carbocycles. The fraction of sp³-hybridized carbons (Fsp3) is 0.364. The van der Waals surface area contributed by atoms with Gasteiger partial charge in [-0.25, -0.2) is 4.99 Å². The van der Waals surface area contributed by atoms with Gasteiger partial charge in [0.2, 0.25) is 0 Å². The van der Waals surface area contributed by atoms with E-state index in [9.17, 15) is 0 Å². The third-order valence-corrected chi connectivity index (χ3v) is 2.32. The Labute approximate surface area is 93.4 Å². The van der Waals surface area contributed by atoms with Crippen LogP contribution in [0.3, 0.4) is 0 Å². The van der Waals surface area contributed by atoms with Gasteiger partial charge in [0, 0.05) is 9.89 Å². The summed E-state index contributed by atoms with van der Waals surface area (Å²) in [7, 11) is 0. The van der Waals surface area contributed by atoms with E-state index >= 15 is 0 Å². The molecule has 1 aromatic rings. The van der Waals surface area contributed by atoms with Crippen molar-refractivity contribution < 1.29 is 0 Å². The van der Waals surface area contributed by atoms with E-state index < -0.39 is 0 Å². The second-order valence-electron chi connectivity index (χ2n) is 4.23. The number of amidine groups is 1. The number of hydrogen-bond acceptors (Lipinski definition) is 1. The molecular weight excluding hydrogens is 240 g/mol. The summed E-state index contributed by atoms with van der Waals surface area (Å²) in [6.45, 7) is 6.14. The van der Waals surface area contributed by atoms with E-state index in [1.807, 2.05) is 45.0 Å². The molecule has 0 bridgehead atoms. The first-order valence-electron chi connectivity index (χ1n) is 4.50. The van der Waals surface area contributed by atoms with Crippen molar-refractivity contribution in [2.24, 2.45) is 16.1 Å². The Morgan fingerprint density at radius 1 is 1.36 bits per heavy atom. The lowest BCUT2D eigenvalue weighted by atomic mass is 9.95. The number of nitrogens with zero attached hydrogens (tertiary/aromatic N) is 1. The molecule has 0 fully saturated rings. The monoisotopic (exact) mass is 254 g/mol. The molecule has 0 radical (unpaired) electrons. The predicted octanol–water partition coefficient (Wildman–Crippen LogP) is 3.48. The molecule has 3 heteroatoms. The van der Waals surface area contributed by atoms with Crippen molar-refractivity contribution in [1.29, 1.82) is 0 Å². The molecule has 1 aromatic carbocycles. The van der Waals surface area contributed by atoms with Crippen LogP contribution in [0.25, 0.3) is 0 Å². The van der Waals surface area contributed by atoms with Crippen LogP contribution in [-0.4, -0.2) is 5.84 Å². The molecular formula is C11H15BrN2. The highest BCUT2D eigenvalue weighted by Crippen LogP contribution is 2.21. The fourth-order valence-electron chi connectivity index (χ4n) is 0.852. The highest BCUT2D eigenvalue weighted by molar-refractivity contribution is 9.10. The quantitative estimate of drug-likeness (QED) is 0.605. The van der Waals surface area contributed by atoms with E-state index in [4.69, 9.17) is 5.73 Å². The van der Waals surface area contributed by atoms with Gasteiger partial charge in [-0.2, -0.15) is 0 Å². The molecule has 0 heterocycles. The molecule has 0 amide bonds. The summed E-state index contributed by atoms with van der Waals surface area (Å²) in [4.78, 5) is 4.36. The van der Waals surface area contributed by atoms with E-state index in [2.05, 4.69) is 20.9 Å². The van der Waals surface area contributed by atoms with Gasteiger partial charge in [-0.3, -0.25) is 0 Å². The molecule has 76 valence electrons. The molecule has 0 aromatic heterocycles. The summed E-state index contributed by atoms with van der Waals surface area (Å²) >= 11 is 3.39. The minimum Gasteiger partial charge on any atom is -0.387 e. The molecule has 0 aliphatic heterocycles. The Morgan fingerprint density at radius 2 is 2.00 bits per heavy atom. The highest BCUT2D eigenvalue weighted by Gasteiger charge is 2.15. The summed E-state index contributed by atoms with van der Waals surface area (Å²) in [5.74, 6) is 0.649. The average Bonchev–Trinajstić information content (AvgIpc) is 2.02. The Hall–Kier alpha value is -0.830. The van der Waals surface area contributed by atoms with Gasteiger partial charge in [-0.05, 0) is 18.2 Å². The molecule has 0 unspecified atom stereocenters.